The first kappa shape index (κ1) is 10.5. The van der Waals surface area contributed by atoms with Crippen LogP contribution in [0.15, 0.2) is 59.5 Å². The first-order valence-corrected chi connectivity index (χ1v) is 6.19. The molecule has 0 saturated carbocycles. The molecule has 0 fully saturated rings. The van der Waals surface area contributed by atoms with E-state index in [-0.39, 0.29) is 0 Å². The SMILES string of the molecule is O[C@]1(Nc2ccccc2)Nc2ccccc2S1. The zero-order valence-electron chi connectivity index (χ0n) is 9.05. The standard InChI is InChI=1S/C13H12N2OS/c16-13(14-10-6-2-1-3-7-10)15-11-8-4-5-9-12(11)17-13/h1-9,14-16H/t13-/m0/s1. The van der Waals surface area contributed by atoms with Gasteiger partial charge in [-0.15, -0.1) is 0 Å². The summed E-state index contributed by atoms with van der Waals surface area (Å²) in [7, 11) is 0. The molecule has 0 aliphatic carbocycles. The highest BCUT2D eigenvalue weighted by Gasteiger charge is 2.35. The maximum Gasteiger partial charge on any atom is 0.271 e. The van der Waals surface area contributed by atoms with Crippen LogP contribution in [0.4, 0.5) is 11.4 Å². The average Bonchev–Trinajstić information content (AvgIpc) is 2.66. The van der Waals surface area contributed by atoms with Crippen molar-refractivity contribution in [3.63, 3.8) is 0 Å². The number of rotatable bonds is 2. The van der Waals surface area contributed by atoms with Gasteiger partial charge in [0.15, 0.2) is 0 Å². The predicted octanol–water partition coefficient (Wildman–Crippen LogP) is 2.92. The number of nitrogens with one attached hydrogen (secondary N) is 2. The smallest absolute Gasteiger partial charge is 0.271 e. The second-order valence-electron chi connectivity index (χ2n) is 3.86. The van der Waals surface area contributed by atoms with Crippen molar-refractivity contribution in [2.75, 3.05) is 10.6 Å². The Labute approximate surface area is 104 Å². The average molecular weight is 244 g/mol. The third-order valence-corrected chi connectivity index (χ3v) is 3.61. The van der Waals surface area contributed by atoms with Crippen molar-refractivity contribution in [1.29, 1.82) is 0 Å². The first-order chi connectivity index (χ1) is 8.25. The number of aliphatic hydroxyl groups is 1. The Morgan fingerprint density at radius 2 is 1.71 bits per heavy atom. The number of hydrogen-bond donors (Lipinski definition) is 3. The molecular weight excluding hydrogens is 232 g/mol. The number of benzene rings is 2. The van der Waals surface area contributed by atoms with Crippen LogP contribution in [0.5, 0.6) is 0 Å². The number of para-hydroxylation sites is 2. The molecule has 1 heterocycles. The molecule has 0 saturated heterocycles. The highest BCUT2D eigenvalue weighted by Crippen LogP contribution is 2.43. The molecule has 0 aromatic heterocycles. The van der Waals surface area contributed by atoms with Gasteiger partial charge in [0, 0.05) is 10.6 Å². The molecule has 1 aliphatic rings. The van der Waals surface area contributed by atoms with Gasteiger partial charge in [-0.2, -0.15) is 0 Å². The molecule has 4 heteroatoms. The summed E-state index contributed by atoms with van der Waals surface area (Å²) >= 11 is 1.37. The lowest BCUT2D eigenvalue weighted by atomic mass is 10.3. The van der Waals surface area contributed by atoms with E-state index < -0.39 is 5.18 Å². The quantitative estimate of drug-likeness (QED) is 0.711. The minimum Gasteiger partial charge on any atom is -0.345 e. The molecule has 3 rings (SSSR count). The summed E-state index contributed by atoms with van der Waals surface area (Å²) in [6.45, 7) is 0. The van der Waals surface area contributed by atoms with Gasteiger partial charge in [-0.25, -0.2) is 0 Å². The van der Waals surface area contributed by atoms with Gasteiger partial charge in [-0.3, -0.25) is 0 Å². The highest BCUT2D eigenvalue weighted by atomic mass is 32.2. The lowest BCUT2D eigenvalue weighted by molar-refractivity contribution is 0.200. The van der Waals surface area contributed by atoms with Gasteiger partial charge in [0.25, 0.3) is 5.18 Å². The van der Waals surface area contributed by atoms with E-state index in [4.69, 9.17) is 0 Å². The van der Waals surface area contributed by atoms with Gasteiger partial charge in [0.05, 0.1) is 5.69 Å². The van der Waals surface area contributed by atoms with Crippen molar-refractivity contribution in [1.82, 2.24) is 0 Å². The molecule has 0 spiro atoms. The van der Waals surface area contributed by atoms with Crippen LogP contribution in [0.2, 0.25) is 0 Å². The van der Waals surface area contributed by atoms with E-state index in [1.165, 1.54) is 11.8 Å². The number of fused-ring (bicyclic) bond motifs is 1. The van der Waals surface area contributed by atoms with Gasteiger partial charge in [-0.05, 0) is 36.0 Å². The third-order valence-electron chi connectivity index (χ3n) is 2.54. The van der Waals surface area contributed by atoms with E-state index >= 15 is 0 Å². The Hall–Kier alpha value is -1.65. The van der Waals surface area contributed by atoms with Crippen LogP contribution in [0, 0.1) is 0 Å². The fraction of sp³-hybridized carbons (Fsp3) is 0.0769. The van der Waals surface area contributed by atoms with E-state index in [2.05, 4.69) is 10.6 Å². The molecule has 2 aromatic carbocycles. The highest BCUT2D eigenvalue weighted by molar-refractivity contribution is 8.01. The van der Waals surface area contributed by atoms with Crippen molar-refractivity contribution in [2.45, 2.75) is 10.1 Å². The molecule has 0 bridgehead atoms. The molecule has 0 amide bonds. The van der Waals surface area contributed by atoms with Crippen LogP contribution < -0.4 is 10.6 Å². The summed E-state index contributed by atoms with van der Waals surface area (Å²) < 4.78 is 0. The van der Waals surface area contributed by atoms with E-state index in [0.29, 0.717) is 0 Å². The Balaban J connectivity index is 1.82. The summed E-state index contributed by atoms with van der Waals surface area (Å²) in [5, 5.41) is 15.4. The monoisotopic (exact) mass is 244 g/mol. The fourth-order valence-corrected chi connectivity index (χ4v) is 2.82. The molecule has 3 nitrogen and oxygen atoms in total. The van der Waals surface area contributed by atoms with Crippen molar-refractivity contribution in [3.8, 4) is 0 Å². The fourth-order valence-electron chi connectivity index (χ4n) is 1.80. The normalized spacial score (nSPS) is 21.7. The van der Waals surface area contributed by atoms with Gasteiger partial charge in [0.2, 0.25) is 0 Å². The molecule has 17 heavy (non-hydrogen) atoms. The largest absolute Gasteiger partial charge is 0.345 e. The number of anilines is 2. The third kappa shape index (κ3) is 2.09. The summed E-state index contributed by atoms with van der Waals surface area (Å²) in [4.78, 5) is 1.04. The summed E-state index contributed by atoms with van der Waals surface area (Å²) in [6, 6.07) is 17.5. The molecule has 2 aromatic rings. The van der Waals surface area contributed by atoms with Crippen LogP contribution in [-0.4, -0.2) is 10.3 Å². The van der Waals surface area contributed by atoms with Crippen LogP contribution in [0.1, 0.15) is 0 Å². The maximum absolute atomic E-state index is 10.4. The number of thioether (sulfide) groups is 1. The van der Waals surface area contributed by atoms with Gasteiger partial charge in [0.1, 0.15) is 0 Å². The van der Waals surface area contributed by atoms with Crippen LogP contribution >= 0.6 is 11.8 Å². The zero-order chi connectivity index (χ0) is 11.7. The zero-order valence-corrected chi connectivity index (χ0v) is 9.87. The topological polar surface area (TPSA) is 44.3 Å². The van der Waals surface area contributed by atoms with E-state index in [1.807, 2.05) is 54.6 Å². The van der Waals surface area contributed by atoms with Gasteiger partial charge in [-0.1, -0.05) is 30.3 Å². The molecule has 0 unspecified atom stereocenters. The lowest BCUT2D eigenvalue weighted by Crippen LogP contribution is -2.39. The molecule has 86 valence electrons. The minimum atomic E-state index is -1.18. The maximum atomic E-state index is 10.4. The van der Waals surface area contributed by atoms with Crippen molar-refractivity contribution in [2.24, 2.45) is 0 Å². The summed E-state index contributed by atoms with van der Waals surface area (Å²) in [5.41, 5.74) is 1.83. The van der Waals surface area contributed by atoms with E-state index in [1.54, 1.807) is 0 Å². The van der Waals surface area contributed by atoms with Crippen molar-refractivity contribution in [3.05, 3.63) is 54.6 Å². The molecule has 1 aliphatic heterocycles. The van der Waals surface area contributed by atoms with E-state index in [0.717, 1.165) is 16.3 Å². The lowest BCUT2D eigenvalue weighted by Gasteiger charge is -2.24. The molecule has 1 atom stereocenters. The van der Waals surface area contributed by atoms with Gasteiger partial charge < -0.3 is 15.7 Å². The summed E-state index contributed by atoms with van der Waals surface area (Å²) in [5.74, 6) is 0. The minimum absolute atomic E-state index is 0.878. The predicted molar refractivity (Wildman–Crippen MR) is 70.9 cm³/mol. The Kier molecular flexibility index (Phi) is 2.46. The summed E-state index contributed by atoms with van der Waals surface area (Å²) in [6.07, 6.45) is 0. The Morgan fingerprint density at radius 3 is 2.47 bits per heavy atom. The van der Waals surface area contributed by atoms with E-state index in [9.17, 15) is 5.11 Å². The van der Waals surface area contributed by atoms with Crippen LogP contribution in [0.3, 0.4) is 0 Å². The first-order valence-electron chi connectivity index (χ1n) is 5.37. The Bertz CT molecular complexity index is 505. The van der Waals surface area contributed by atoms with Crippen molar-refractivity contribution < 1.29 is 5.11 Å². The molecular formula is C13H12N2OS. The molecule has 3 N–H and O–H groups in total. The van der Waals surface area contributed by atoms with Crippen LogP contribution in [-0.2, 0) is 0 Å². The van der Waals surface area contributed by atoms with Crippen molar-refractivity contribution >= 4 is 23.1 Å². The number of hydrogen-bond acceptors (Lipinski definition) is 4. The molecule has 0 radical (unpaired) electrons. The Morgan fingerprint density at radius 1 is 1.00 bits per heavy atom. The van der Waals surface area contributed by atoms with Crippen LogP contribution in [0.25, 0.3) is 0 Å². The van der Waals surface area contributed by atoms with Gasteiger partial charge >= 0.3 is 0 Å². The second kappa shape index (κ2) is 3.98. The second-order valence-corrected chi connectivity index (χ2v) is 5.09.